The van der Waals surface area contributed by atoms with Gasteiger partial charge in [0.25, 0.3) is 11.8 Å². The van der Waals surface area contributed by atoms with Gasteiger partial charge < -0.3 is 14.2 Å². The molecule has 28 heavy (non-hydrogen) atoms. The van der Waals surface area contributed by atoms with Crippen molar-refractivity contribution in [2.45, 2.75) is 6.92 Å². The minimum Gasteiger partial charge on any atom is -0.490 e. The number of halogens is 2. The summed E-state index contributed by atoms with van der Waals surface area (Å²) < 4.78 is 16.0. The van der Waals surface area contributed by atoms with Crippen LogP contribution < -0.4 is 20.3 Å². The van der Waals surface area contributed by atoms with Gasteiger partial charge in [0.15, 0.2) is 6.61 Å². The van der Waals surface area contributed by atoms with Gasteiger partial charge in [-0.05, 0) is 37.3 Å². The lowest BCUT2D eigenvalue weighted by atomic mass is 10.2. The molecule has 0 heterocycles. The number of hydrogen-bond donors (Lipinski definition) is 2. The van der Waals surface area contributed by atoms with E-state index in [1.54, 1.807) is 36.4 Å². The van der Waals surface area contributed by atoms with Gasteiger partial charge in [-0.25, -0.2) is 0 Å². The van der Waals surface area contributed by atoms with Gasteiger partial charge in [0.2, 0.25) is 0 Å². The highest BCUT2D eigenvalue weighted by Crippen LogP contribution is 2.27. The molecule has 0 unspecified atom stereocenters. The number of para-hydroxylation sites is 1. The summed E-state index contributed by atoms with van der Waals surface area (Å²) in [6, 6.07) is 11.3. The Hall–Kier alpha value is -2.48. The molecule has 7 nitrogen and oxygen atoms in total. The summed E-state index contributed by atoms with van der Waals surface area (Å²) in [4.78, 5) is 24.2. The summed E-state index contributed by atoms with van der Waals surface area (Å²) >= 11 is 11.8. The fraction of sp³-hybridized carbons (Fsp3) is 0.263. The first-order valence-corrected chi connectivity index (χ1v) is 9.23. The van der Waals surface area contributed by atoms with E-state index in [1.807, 2.05) is 6.92 Å². The molecule has 2 N–H and O–H groups in total. The zero-order chi connectivity index (χ0) is 20.4. The van der Waals surface area contributed by atoms with Gasteiger partial charge >= 0.3 is 0 Å². The Morgan fingerprint density at radius 2 is 1.75 bits per heavy atom. The fourth-order valence-corrected chi connectivity index (χ4v) is 2.56. The van der Waals surface area contributed by atoms with Crippen molar-refractivity contribution in [1.82, 2.24) is 10.9 Å². The highest BCUT2D eigenvalue weighted by molar-refractivity contribution is 6.35. The van der Waals surface area contributed by atoms with E-state index in [-0.39, 0.29) is 17.2 Å². The van der Waals surface area contributed by atoms with Crippen LogP contribution in [0.2, 0.25) is 10.0 Å². The Morgan fingerprint density at radius 1 is 0.964 bits per heavy atom. The summed E-state index contributed by atoms with van der Waals surface area (Å²) in [5.74, 6) is -0.391. The van der Waals surface area contributed by atoms with E-state index < -0.39 is 11.8 Å². The molecular weight excluding hydrogens is 407 g/mol. The number of hydrogen-bond acceptors (Lipinski definition) is 5. The van der Waals surface area contributed by atoms with Crippen molar-refractivity contribution >= 4 is 35.0 Å². The number of ether oxygens (including phenoxy) is 3. The smallest absolute Gasteiger partial charge is 0.276 e. The fourth-order valence-electron chi connectivity index (χ4n) is 2.10. The predicted octanol–water partition coefficient (Wildman–Crippen LogP) is 3.25. The van der Waals surface area contributed by atoms with Crippen LogP contribution in [0.25, 0.3) is 0 Å². The van der Waals surface area contributed by atoms with Crippen LogP contribution in [0.3, 0.4) is 0 Å². The lowest BCUT2D eigenvalue weighted by molar-refractivity contribution is -0.123. The Balaban J connectivity index is 1.83. The molecule has 0 spiro atoms. The van der Waals surface area contributed by atoms with Crippen LogP contribution in [0.5, 0.6) is 11.5 Å². The van der Waals surface area contributed by atoms with Gasteiger partial charge in [0.05, 0.1) is 17.2 Å². The average molecular weight is 427 g/mol. The molecule has 0 bridgehead atoms. The van der Waals surface area contributed by atoms with Gasteiger partial charge in [-0.1, -0.05) is 35.3 Å². The molecule has 0 saturated heterocycles. The zero-order valence-corrected chi connectivity index (χ0v) is 16.7. The number of carbonyl (C=O) groups is 2. The number of amides is 2. The third-order valence-corrected chi connectivity index (χ3v) is 3.92. The van der Waals surface area contributed by atoms with E-state index in [1.165, 1.54) is 6.07 Å². The lowest BCUT2D eigenvalue weighted by Gasteiger charge is -2.13. The second kappa shape index (κ2) is 11.4. The number of rotatable bonds is 9. The lowest BCUT2D eigenvalue weighted by Crippen LogP contribution is -2.44. The van der Waals surface area contributed by atoms with Crippen LogP contribution >= 0.6 is 23.2 Å². The summed E-state index contributed by atoms with van der Waals surface area (Å²) in [5, 5.41) is 0.735. The van der Waals surface area contributed by atoms with E-state index >= 15 is 0 Å². The maximum atomic E-state index is 12.3. The quantitative estimate of drug-likeness (QED) is 0.474. The maximum Gasteiger partial charge on any atom is 0.276 e. The van der Waals surface area contributed by atoms with Crippen LogP contribution in [-0.2, 0) is 9.53 Å². The van der Waals surface area contributed by atoms with Gasteiger partial charge in [-0.3, -0.25) is 20.4 Å². The first-order valence-electron chi connectivity index (χ1n) is 8.48. The van der Waals surface area contributed by atoms with Crippen molar-refractivity contribution in [3.63, 3.8) is 0 Å². The van der Waals surface area contributed by atoms with E-state index in [0.29, 0.717) is 36.3 Å². The van der Waals surface area contributed by atoms with E-state index in [9.17, 15) is 9.59 Å². The van der Waals surface area contributed by atoms with Crippen molar-refractivity contribution in [3.8, 4) is 11.5 Å². The molecule has 0 atom stereocenters. The van der Waals surface area contributed by atoms with Crippen LogP contribution in [-0.4, -0.2) is 38.2 Å². The number of carbonyl (C=O) groups excluding carboxylic acids is 2. The normalized spacial score (nSPS) is 10.2. The molecule has 0 aliphatic heterocycles. The van der Waals surface area contributed by atoms with E-state index in [4.69, 9.17) is 37.4 Å². The molecule has 0 aromatic heterocycles. The van der Waals surface area contributed by atoms with Crippen LogP contribution in [0.4, 0.5) is 0 Å². The molecule has 0 aliphatic rings. The van der Waals surface area contributed by atoms with Crippen LogP contribution in [0.15, 0.2) is 42.5 Å². The standard InChI is InChI=1S/C19H20Cl2N2O5/c1-2-26-9-10-27-16-6-4-3-5-14(16)19(25)23-22-18(24)12-28-17-8-7-13(20)11-15(17)21/h3-8,11H,2,9-10,12H2,1H3,(H,22,24)(H,23,25). The van der Waals surface area contributed by atoms with Crippen LogP contribution in [0.1, 0.15) is 17.3 Å². The Morgan fingerprint density at radius 3 is 2.50 bits per heavy atom. The van der Waals surface area contributed by atoms with Gasteiger partial charge in [-0.15, -0.1) is 0 Å². The van der Waals surface area contributed by atoms with E-state index in [2.05, 4.69) is 10.9 Å². The molecule has 2 rings (SSSR count). The van der Waals surface area contributed by atoms with Crippen molar-refractivity contribution < 1.29 is 23.8 Å². The van der Waals surface area contributed by atoms with Crippen molar-refractivity contribution in [2.75, 3.05) is 26.4 Å². The summed E-state index contributed by atoms with van der Waals surface area (Å²) in [6.07, 6.45) is 0. The highest BCUT2D eigenvalue weighted by atomic mass is 35.5. The average Bonchev–Trinajstić information content (AvgIpc) is 2.69. The maximum absolute atomic E-state index is 12.3. The molecule has 2 aromatic carbocycles. The Kier molecular flexibility index (Phi) is 8.87. The van der Waals surface area contributed by atoms with Crippen molar-refractivity contribution in [3.05, 3.63) is 58.1 Å². The molecule has 0 saturated carbocycles. The van der Waals surface area contributed by atoms with Crippen molar-refractivity contribution in [1.29, 1.82) is 0 Å². The third-order valence-electron chi connectivity index (χ3n) is 3.39. The zero-order valence-electron chi connectivity index (χ0n) is 15.2. The molecule has 0 aliphatic carbocycles. The summed E-state index contributed by atoms with van der Waals surface area (Å²) in [6.45, 7) is 2.84. The van der Waals surface area contributed by atoms with E-state index in [0.717, 1.165) is 0 Å². The molecule has 0 fully saturated rings. The second-order valence-corrected chi connectivity index (χ2v) is 6.25. The summed E-state index contributed by atoms with van der Waals surface area (Å²) in [7, 11) is 0. The number of hydrazine groups is 1. The monoisotopic (exact) mass is 426 g/mol. The second-order valence-electron chi connectivity index (χ2n) is 5.41. The van der Waals surface area contributed by atoms with Gasteiger partial charge in [0, 0.05) is 11.6 Å². The van der Waals surface area contributed by atoms with Crippen molar-refractivity contribution in [2.24, 2.45) is 0 Å². The highest BCUT2D eigenvalue weighted by Gasteiger charge is 2.13. The van der Waals surface area contributed by atoms with Gasteiger partial charge in [-0.2, -0.15) is 0 Å². The molecule has 150 valence electrons. The first kappa shape index (κ1) is 21.8. The minimum absolute atomic E-state index is 0.279. The Bertz CT molecular complexity index is 817. The first-order chi connectivity index (χ1) is 13.5. The SMILES string of the molecule is CCOCCOc1ccccc1C(=O)NNC(=O)COc1ccc(Cl)cc1Cl. The molecule has 2 aromatic rings. The number of benzene rings is 2. The minimum atomic E-state index is -0.561. The molecular formula is C19H20Cl2N2O5. The van der Waals surface area contributed by atoms with Crippen LogP contribution in [0, 0.1) is 0 Å². The topological polar surface area (TPSA) is 85.9 Å². The van der Waals surface area contributed by atoms with Gasteiger partial charge in [0.1, 0.15) is 18.1 Å². The molecule has 0 radical (unpaired) electrons. The predicted molar refractivity (Wildman–Crippen MR) is 106 cm³/mol. The Labute approximate surface area is 172 Å². The number of nitrogens with one attached hydrogen (secondary N) is 2. The largest absolute Gasteiger partial charge is 0.490 e. The molecule has 9 heteroatoms. The molecule has 2 amide bonds. The summed E-state index contributed by atoms with van der Waals surface area (Å²) in [5.41, 5.74) is 4.87. The third kappa shape index (κ3) is 6.92.